The van der Waals surface area contributed by atoms with E-state index in [1.54, 1.807) is 7.11 Å². The summed E-state index contributed by atoms with van der Waals surface area (Å²) in [7, 11) is 1.69. The van der Waals surface area contributed by atoms with Gasteiger partial charge in [0.1, 0.15) is 17.5 Å². The predicted octanol–water partition coefficient (Wildman–Crippen LogP) is 0.852. The molecule has 0 fully saturated rings. The van der Waals surface area contributed by atoms with E-state index >= 15 is 0 Å². The summed E-state index contributed by atoms with van der Waals surface area (Å²) in [4.78, 5) is 10.9. The monoisotopic (exact) mass is 239 g/mol. The summed E-state index contributed by atoms with van der Waals surface area (Å²) in [5.74, 6) is 7.73. The standard InChI is InChI=1S/C11H21N5O/c1-5-16(6-7-17-4)11-8(2)10(15-12)13-9(3)14-11/h5-7,12H2,1-4H3,(H,13,14,15). The lowest BCUT2D eigenvalue weighted by molar-refractivity contribution is 0.205. The Labute approximate surface area is 102 Å². The van der Waals surface area contributed by atoms with E-state index in [-0.39, 0.29) is 0 Å². The highest BCUT2D eigenvalue weighted by Gasteiger charge is 2.13. The van der Waals surface area contributed by atoms with E-state index in [2.05, 4.69) is 27.2 Å². The predicted molar refractivity (Wildman–Crippen MR) is 69.1 cm³/mol. The van der Waals surface area contributed by atoms with E-state index in [0.29, 0.717) is 18.2 Å². The topological polar surface area (TPSA) is 76.3 Å². The zero-order valence-electron chi connectivity index (χ0n) is 10.9. The van der Waals surface area contributed by atoms with Crippen LogP contribution >= 0.6 is 0 Å². The van der Waals surface area contributed by atoms with Crippen LogP contribution in [0.3, 0.4) is 0 Å². The fourth-order valence-electron chi connectivity index (χ4n) is 1.68. The molecule has 1 rings (SSSR count). The third kappa shape index (κ3) is 3.28. The Morgan fingerprint density at radius 3 is 2.59 bits per heavy atom. The maximum Gasteiger partial charge on any atom is 0.148 e. The van der Waals surface area contributed by atoms with Crippen molar-refractivity contribution in [2.75, 3.05) is 37.1 Å². The number of ether oxygens (including phenoxy) is 1. The Kier molecular flexibility index (Phi) is 5.11. The van der Waals surface area contributed by atoms with Gasteiger partial charge in [-0.15, -0.1) is 0 Å². The number of nitrogens with zero attached hydrogens (tertiary/aromatic N) is 3. The second kappa shape index (κ2) is 6.36. The number of anilines is 2. The first-order chi connectivity index (χ1) is 8.13. The van der Waals surface area contributed by atoms with Crippen LogP contribution in [0.2, 0.25) is 0 Å². The number of rotatable bonds is 6. The molecule has 0 atom stereocenters. The minimum Gasteiger partial charge on any atom is -0.383 e. The molecule has 0 radical (unpaired) electrons. The fraction of sp³-hybridized carbons (Fsp3) is 0.636. The molecule has 0 aliphatic heterocycles. The molecule has 96 valence electrons. The Hall–Kier alpha value is -1.40. The van der Waals surface area contributed by atoms with Gasteiger partial charge in [-0.2, -0.15) is 0 Å². The maximum atomic E-state index is 5.45. The van der Waals surface area contributed by atoms with E-state index < -0.39 is 0 Å². The van der Waals surface area contributed by atoms with Gasteiger partial charge in [0, 0.05) is 25.8 Å². The van der Waals surface area contributed by atoms with Crippen molar-refractivity contribution in [2.24, 2.45) is 5.84 Å². The molecule has 0 spiro atoms. The summed E-state index contributed by atoms with van der Waals surface area (Å²) in [5.41, 5.74) is 3.56. The van der Waals surface area contributed by atoms with Gasteiger partial charge in [0.15, 0.2) is 0 Å². The van der Waals surface area contributed by atoms with Crippen LogP contribution in [0.5, 0.6) is 0 Å². The molecule has 0 aromatic carbocycles. The van der Waals surface area contributed by atoms with Gasteiger partial charge in [-0.3, -0.25) is 0 Å². The van der Waals surface area contributed by atoms with Crippen LogP contribution in [-0.4, -0.2) is 36.8 Å². The summed E-state index contributed by atoms with van der Waals surface area (Å²) in [6.45, 7) is 8.23. The molecule has 3 N–H and O–H groups in total. The SMILES string of the molecule is CCN(CCOC)c1nc(C)nc(NN)c1C. The highest BCUT2D eigenvalue weighted by molar-refractivity contribution is 5.58. The number of aryl methyl sites for hydroxylation is 1. The van der Waals surface area contributed by atoms with Crippen molar-refractivity contribution in [3.8, 4) is 0 Å². The fourth-order valence-corrected chi connectivity index (χ4v) is 1.68. The zero-order valence-corrected chi connectivity index (χ0v) is 10.9. The van der Waals surface area contributed by atoms with Crippen LogP contribution in [0.4, 0.5) is 11.6 Å². The summed E-state index contributed by atoms with van der Waals surface area (Å²) in [6.07, 6.45) is 0. The van der Waals surface area contributed by atoms with Crippen LogP contribution in [0.25, 0.3) is 0 Å². The molecule has 0 saturated heterocycles. The molecule has 0 aliphatic carbocycles. The van der Waals surface area contributed by atoms with Crippen LogP contribution in [0, 0.1) is 13.8 Å². The minimum atomic E-state index is 0.668. The van der Waals surface area contributed by atoms with Gasteiger partial charge >= 0.3 is 0 Å². The summed E-state index contributed by atoms with van der Waals surface area (Å²) in [5, 5.41) is 0. The number of methoxy groups -OCH3 is 1. The third-order valence-corrected chi connectivity index (χ3v) is 2.62. The first-order valence-electron chi connectivity index (χ1n) is 5.69. The molecule has 1 heterocycles. The Balaban J connectivity index is 3.05. The molecule has 6 nitrogen and oxygen atoms in total. The van der Waals surface area contributed by atoms with Crippen LogP contribution in [0.15, 0.2) is 0 Å². The Morgan fingerprint density at radius 1 is 1.35 bits per heavy atom. The van der Waals surface area contributed by atoms with Gasteiger partial charge in [-0.1, -0.05) is 0 Å². The highest BCUT2D eigenvalue weighted by atomic mass is 16.5. The van der Waals surface area contributed by atoms with Gasteiger partial charge in [0.25, 0.3) is 0 Å². The normalized spacial score (nSPS) is 10.4. The van der Waals surface area contributed by atoms with Gasteiger partial charge in [-0.05, 0) is 20.8 Å². The quantitative estimate of drug-likeness (QED) is 0.566. The molecule has 17 heavy (non-hydrogen) atoms. The molecule has 0 aliphatic rings. The van der Waals surface area contributed by atoms with Gasteiger partial charge in [0.2, 0.25) is 0 Å². The summed E-state index contributed by atoms with van der Waals surface area (Å²) >= 11 is 0. The van der Waals surface area contributed by atoms with E-state index in [4.69, 9.17) is 10.6 Å². The van der Waals surface area contributed by atoms with Crippen LogP contribution in [-0.2, 0) is 4.74 Å². The summed E-state index contributed by atoms with van der Waals surface area (Å²) in [6, 6.07) is 0. The Bertz CT molecular complexity index is 369. The van der Waals surface area contributed by atoms with Gasteiger partial charge in [-0.25, -0.2) is 15.8 Å². The largest absolute Gasteiger partial charge is 0.383 e. The number of aromatic nitrogens is 2. The van der Waals surface area contributed by atoms with Crippen LogP contribution < -0.4 is 16.2 Å². The van der Waals surface area contributed by atoms with Crippen molar-refractivity contribution >= 4 is 11.6 Å². The zero-order chi connectivity index (χ0) is 12.8. The van der Waals surface area contributed by atoms with Gasteiger partial charge < -0.3 is 15.1 Å². The van der Waals surface area contributed by atoms with E-state index in [1.165, 1.54) is 0 Å². The molecule has 6 heteroatoms. The number of hydrazine groups is 1. The molecule has 0 unspecified atom stereocenters. The van der Waals surface area contributed by atoms with Gasteiger partial charge in [0.05, 0.1) is 6.61 Å². The minimum absolute atomic E-state index is 0.668. The van der Waals surface area contributed by atoms with Crippen molar-refractivity contribution in [3.63, 3.8) is 0 Å². The molecule has 1 aromatic heterocycles. The molecule has 0 amide bonds. The average molecular weight is 239 g/mol. The number of nitrogen functional groups attached to an aromatic ring is 1. The lowest BCUT2D eigenvalue weighted by Gasteiger charge is -2.24. The van der Waals surface area contributed by atoms with E-state index in [9.17, 15) is 0 Å². The Morgan fingerprint density at radius 2 is 2.06 bits per heavy atom. The average Bonchev–Trinajstić information content (AvgIpc) is 2.33. The first kappa shape index (κ1) is 13.7. The van der Waals surface area contributed by atoms with Crippen molar-refractivity contribution in [2.45, 2.75) is 20.8 Å². The smallest absolute Gasteiger partial charge is 0.148 e. The molecule has 0 bridgehead atoms. The lowest BCUT2D eigenvalue weighted by Crippen LogP contribution is -2.29. The molecule has 1 aromatic rings. The van der Waals surface area contributed by atoms with E-state index in [1.807, 2.05) is 13.8 Å². The van der Waals surface area contributed by atoms with Crippen LogP contribution in [0.1, 0.15) is 18.3 Å². The first-order valence-corrected chi connectivity index (χ1v) is 5.69. The second-order valence-electron chi connectivity index (χ2n) is 3.78. The number of hydrogen-bond acceptors (Lipinski definition) is 6. The van der Waals surface area contributed by atoms with Crippen molar-refractivity contribution < 1.29 is 4.74 Å². The molecular weight excluding hydrogens is 218 g/mol. The highest BCUT2D eigenvalue weighted by Crippen LogP contribution is 2.22. The summed E-state index contributed by atoms with van der Waals surface area (Å²) < 4.78 is 5.10. The van der Waals surface area contributed by atoms with Crippen molar-refractivity contribution in [1.82, 2.24) is 9.97 Å². The number of hydrogen-bond donors (Lipinski definition) is 2. The maximum absolute atomic E-state index is 5.45. The van der Waals surface area contributed by atoms with E-state index in [0.717, 1.165) is 24.5 Å². The molecular formula is C11H21N5O. The third-order valence-electron chi connectivity index (χ3n) is 2.62. The van der Waals surface area contributed by atoms with Crippen molar-refractivity contribution in [1.29, 1.82) is 0 Å². The number of nitrogens with two attached hydrogens (primary N) is 1. The molecule has 0 saturated carbocycles. The number of likely N-dealkylation sites (N-methyl/N-ethyl adjacent to an activating group) is 1. The second-order valence-corrected chi connectivity index (χ2v) is 3.78. The lowest BCUT2D eigenvalue weighted by atomic mass is 10.2. The van der Waals surface area contributed by atoms with Crippen molar-refractivity contribution in [3.05, 3.63) is 11.4 Å². The number of nitrogens with one attached hydrogen (secondary N) is 1.